The summed E-state index contributed by atoms with van der Waals surface area (Å²) in [6.45, 7) is 2.54. The van der Waals surface area contributed by atoms with Crippen LogP contribution < -0.4 is 20.1 Å². The van der Waals surface area contributed by atoms with Crippen molar-refractivity contribution >= 4 is 21.8 Å². The van der Waals surface area contributed by atoms with E-state index in [9.17, 15) is 4.79 Å². The van der Waals surface area contributed by atoms with Crippen molar-refractivity contribution < 1.29 is 14.3 Å². The number of halogens is 1. The maximum atomic E-state index is 12.0. The number of hydrogen-bond donors (Lipinski definition) is 2. The molecule has 1 aromatic rings. The molecule has 1 atom stereocenters. The van der Waals surface area contributed by atoms with Crippen LogP contribution in [0, 0.1) is 0 Å². The van der Waals surface area contributed by atoms with E-state index in [1.165, 1.54) is 0 Å². The molecular weight excluding hydrogens is 312 g/mol. The first-order chi connectivity index (χ1) is 9.03. The molecule has 0 heterocycles. The zero-order chi connectivity index (χ0) is 14.4. The maximum Gasteiger partial charge on any atom is 0.251 e. The van der Waals surface area contributed by atoms with E-state index in [-0.39, 0.29) is 11.9 Å². The van der Waals surface area contributed by atoms with Gasteiger partial charge in [-0.3, -0.25) is 4.79 Å². The minimum atomic E-state index is -0.161. The molecule has 0 aliphatic heterocycles. The lowest BCUT2D eigenvalue weighted by Crippen LogP contribution is -2.37. The van der Waals surface area contributed by atoms with Gasteiger partial charge < -0.3 is 20.1 Å². The van der Waals surface area contributed by atoms with E-state index in [1.54, 1.807) is 26.4 Å². The van der Waals surface area contributed by atoms with Crippen LogP contribution in [0.2, 0.25) is 0 Å². The van der Waals surface area contributed by atoms with Crippen LogP contribution in [0.15, 0.2) is 16.6 Å². The fraction of sp³-hybridized carbons (Fsp3) is 0.462. The van der Waals surface area contributed by atoms with Crippen LogP contribution in [-0.2, 0) is 0 Å². The van der Waals surface area contributed by atoms with Gasteiger partial charge in [0.05, 0.1) is 14.2 Å². The van der Waals surface area contributed by atoms with E-state index in [0.29, 0.717) is 28.1 Å². The van der Waals surface area contributed by atoms with Crippen molar-refractivity contribution in [1.82, 2.24) is 10.6 Å². The second-order valence-electron chi connectivity index (χ2n) is 4.09. The third-order valence-electron chi connectivity index (χ3n) is 2.77. The molecule has 1 unspecified atom stereocenters. The number of hydrogen-bond acceptors (Lipinski definition) is 4. The molecule has 0 aliphatic rings. The first-order valence-corrected chi connectivity index (χ1v) is 6.69. The molecule has 1 rings (SSSR count). The quantitative estimate of drug-likeness (QED) is 0.835. The zero-order valence-electron chi connectivity index (χ0n) is 11.5. The van der Waals surface area contributed by atoms with Gasteiger partial charge in [-0.1, -0.05) is 0 Å². The fourth-order valence-corrected chi connectivity index (χ4v) is 2.00. The number of rotatable bonds is 6. The summed E-state index contributed by atoms with van der Waals surface area (Å²) in [5, 5.41) is 5.90. The van der Waals surface area contributed by atoms with Crippen LogP contribution in [0.1, 0.15) is 17.3 Å². The van der Waals surface area contributed by atoms with Crippen molar-refractivity contribution in [1.29, 1.82) is 0 Å². The van der Waals surface area contributed by atoms with Gasteiger partial charge in [-0.05, 0) is 42.0 Å². The Bertz CT molecular complexity index is 427. The Kier molecular flexibility index (Phi) is 6.11. The maximum absolute atomic E-state index is 12.0. The molecule has 6 heteroatoms. The molecule has 0 spiro atoms. The molecule has 19 heavy (non-hydrogen) atoms. The van der Waals surface area contributed by atoms with Gasteiger partial charge in [0.1, 0.15) is 16.0 Å². The van der Waals surface area contributed by atoms with Crippen molar-refractivity contribution in [2.75, 3.05) is 27.8 Å². The summed E-state index contributed by atoms with van der Waals surface area (Å²) < 4.78 is 11.1. The van der Waals surface area contributed by atoms with E-state index in [2.05, 4.69) is 26.6 Å². The van der Waals surface area contributed by atoms with Crippen LogP contribution >= 0.6 is 15.9 Å². The Balaban J connectivity index is 2.91. The fourth-order valence-electron chi connectivity index (χ4n) is 1.45. The highest BCUT2D eigenvalue weighted by atomic mass is 79.9. The Hall–Kier alpha value is -1.27. The van der Waals surface area contributed by atoms with E-state index >= 15 is 0 Å². The number of amides is 1. The number of carbonyl (C=O) groups is 1. The minimum absolute atomic E-state index is 0.161. The van der Waals surface area contributed by atoms with Gasteiger partial charge in [0.2, 0.25) is 0 Å². The summed E-state index contributed by atoms with van der Waals surface area (Å²) in [4.78, 5) is 12.0. The van der Waals surface area contributed by atoms with Crippen LogP contribution in [-0.4, -0.2) is 39.8 Å². The normalized spacial score (nSPS) is 11.8. The van der Waals surface area contributed by atoms with Crippen molar-refractivity contribution in [3.63, 3.8) is 0 Å². The van der Waals surface area contributed by atoms with Crippen molar-refractivity contribution in [3.8, 4) is 11.5 Å². The molecule has 0 aliphatic carbocycles. The van der Waals surface area contributed by atoms with Gasteiger partial charge >= 0.3 is 0 Å². The predicted molar refractivity (Wildman–Crippen MR) is 78.1 cm³/mol. The molecule has 5 nitrogen and oxygen atoms in total. The lowest BCUT2D eigenvalue weighted by atomic mass is 10.2. The average molecular weight is 331 g/mol. The molecular formula is C13H19BrN2O3. The standard InChI is InChI=1S/C13H19BrN2O3/c1-8(15-2)7-16-13(17)9-5-10(18-3)12(14)11(6-9)19-4/h5-6,8,15H,7H2,1-4H3,(H,16,17). The summed E-state index contributed by atoms with van der Waals surface area (Å²) in [7, 11) is 4.94. The summed E-state index contributed by atoms with van der Waals surface area (Å²) in [5.74, 6) is 0.962. The number of carbonyl (C=O) groups excluding carboxylic acids is 1. The lowest BCUT2D eigenvalue weighted by Gasteiger charge is -2.14. The SMILES string of the molecule is CNC(C)CNC(=O)c1cc(OC)c(Br)c(OC)c1. The highest BCUT2D eigenvalue weighted by molar-refractivity contribution is 9.10. The van der Waals surface area contributed by atoms with E-state index in [1.807, 2.05) is 14.0 Å². The Labute approximate surface area is 121 Å². The van der Waals surface area contributed by atoms with Gasteiger partial charge in [0, 0.05) is 18.2 Å². The molecule has 0 radical (unpaired) electrons. The van der Waals surface area contributed by atoms with E-state index in [4.69, 9.17) is 9.47 Å². The first kappa shape index (κ1) is 15.8. The third-order valence-corrected chi connectivity index (χ3v) is 3.55. The zero-order valence-corrected chi connectivity index (χ0v) is 13.1. The number of ether oxygens (including phenoxy) is 2. The lowest BCUT2D eigenvalue weighted by molar-refractivity contribution is 0.0950. The molecule has 1 amide bonds. The van der Waals surface area contributed by atoms with E-state index in [0.717, 1.165) is 0 Å². The van der Waals surface area contributed by atoms with Gasteiger partial charge in [-0.25, -0.2) is 0 Å². The largest absolute Gasteiger partial charge is 0.495 e. The molecule has 1 aromatic carbocycles. The highest BCUT2D eigenvalue weighted by Crippen LogP contribution is 2.35. The summed E-state index contributed by atoms with van der Waals surface area (Å²) in [5.41, 5.74) is 0.500. The molecule has 0 fully saturated rings. The molecule has 0 aromatic heterocycles. The summed E-state index contributed by atoms with van der Waals surface area (Å²) >= 11 is 3.37. The van der Waals surface area contributed by atoms with Crippen LogP contribution in [0.4, 0.5) is 0 Å². The second kappa shape index (κ2) is 7.35. The third kappa shape index (κ3) is 4.11. The first-order valence-electron chi connectivity index (χ1n) is 5.90. The molecule has 106 valence electrons. The van der Waals surface area contributed by atoms with E-state index < -0.39 is 0 Å². The van der Waals surface area contributed by atoms with Crippen LogP contribution in [0.25, 0.3) is 0 Å². The Morgan fingerprint density at radius 2 is 1.84 bits per heavy atom. The second-order valence-corrected chi connectivity index (χ2v) is 4.89. The number of likely N-dealkylation sites (N-methyl/N-ethyl adjacent to an activating group) is 1. The summed E-state index contributed by atoms with van der Waals surface area (Å²) in [6, 6.07) is 3.56. The highest BCUT2D eigenvalue weighted by Gasteiger charge is 2.14. The van der Waals surface area contributed by atoms with Gasteiger partial charge in [0.25, 0.3) is 5.91 Å². The van der Waals surface area contributed by atoms with Crippen LogP contribution in [0.5, 0.6) is 11.5 Å². The molecule has 0 saturated heterocycles. The van der Waals surface area contributed by atoms with Gasteiger partial charge in [-0.2, -0.15) is 0 Å². The smallest absolute Gasteiger partial charge is 0.251 e. The number of methoxy groups -OCH3 is 2. The van der Waals surface area contributed by atoms with Gasteiger partial charge in [0.15, 0.2) is 0 Å². The summed E-state index contributed by atoms with van der Waals surface area (Å²) in [6.07, 6.45) is 0. The Morgan fingerprint density at radius 1 is 1.32 bits per heavy atom. The van der Waals surface area contributed by atoms with Crippen LogP contribution in [0.3, 0.4) is 0 Å². The molecule has 2 N–H and O–H groups in total. The molecule has 0 saturated carbocycles. The topological polar surface area (TPSA) is 59.6 Å². The molecule has 0 bridgehead atoms. The minimum Gasteiger partial charge on any atom is -0.495 e. The average Bonchev–Trinajstić information content (AvgIpc) is 2.44. The monoisotopic (exact) mass is 330 g/mol. The van der Waals surface area contributed by atoms with Gasteiger partial charge in [-0.15, -0.1) is 0 Å². The van der Waals surface area contributed by atoms with Crippen molar-refractivity contribution in [2.24, 2.45) is 0 Å². The number of benzene rings is 1. The van der Waals surface area contributed by atoms with Crippen molar-refractivity contribution in [3.05, 3.63) is 22.2 Å². The van der Waals surface area contributed by atoms with Crippen molar-refractivity contribution in [2.45, 2.75) is 13.0 Å². The predicted octanol–water partition coefficient (Wildman–Crippen LogP) is 1.80. The number of nitrogens with one attached hydrogen (secondary N) is 2. The Morgan fingerprint density at radius 3 is 2.26 bits per heavy atom.